The number of rotatable bonds is 7. The number of hydrogen-bond acceptors (Lipinski definition) is 5. The number of para-hydroxylation sites is 1. The zero-order chi connectivity index (χ0) is 21.6. The Morgan fingerprint density at radius 3 is 2.45 bits per heavy atom. The Bertz CT molecular complexity index is 969. The molecule has 2 aromatic carbocycles. The summed E-state index contributed by atoms with van der Waals surface area (Å²) in [7, 11) is 1.61. The number of anilines is 1. The number of carbonyl (C=O) groups excluding carboxylic acids is 1. The lowest BCUT2D eigenvalue weighted by atomic mass is 10.0. The third-order valence-corrected chi connectivity index (χ3v) is 6.77. The largest absolute Gasteiger partial charge is 0.497 e. The van der Waals surface area contributed by atoms with Gasteiger partial charge in [0.2, 0.25) is 0 Å². The summed E-state index contributed by atoms with van der Waals surface area (Å²) in [6, 6.07) is 22.2. The van der Waals surface area contributed by atoms with Crippen molar-refractivity contribution in [3.05, 3.63) is 82.6 Å². The lowest BCUT2D eigenvalue weighted by molar-refractivity contribution is 0.0890. The van der Waals surface area contributed by atoms with E-state index in [-0.39, 0.29) is 18.0 Å². The molecule has 1 aliphatic rings. The maximum Gasteiger partial charge on any atom is 0.251 e. The highest BCUT2D eigenvalue weighted by atomic mass is 32.1. The van der Waals surface area contributed by atoms with Gasteiger partial charge in [-0.15, -0.1) is 11.3 Å². The molecule has 1 aromatic heterocycles. The molecule has 31 heavy (non-hydrogen) atoms. The summed E-state index contributed by atoms with van der Waals surface area (Å²) in [6.45, 7) is 5.96. The van der Waals surface area contributed by atoms with Crippen molar-refractivity contribution in [2.75, 3.05) is 38.2 Å². The van der Waals surface area contributed by atoms with Gasteiger partial charge < -0.3 is 15.0 Å². The molecule has 3 aromatic rings. The van der Waals surface area contributed by atoms with Crippen molar-refractivity contribution in [2.24, 2.45) is 0 Å². The first kappa shape index (κ1) is 21.4. The molecule has 0 bridgehead atoms. The fourth-order valence-corrected chi connectivity index (χ4v) is 5.20. The topological polar surface area (TPSA) is 44.8 Å². The van der Waals surface area contributed by atoms with E-state index in [0.29, 0.717) is 11.3 Å². The zero-order valence-corrected chi connectivity index (χ0v) is 18.8. The van der Waals surface area contributed by atoms with Crippen LogP contribution in [0, 0.1) is 0 Å². The van der Waals surface area contributed by atoms with Crippen LogP contribution in [0.25, 0.3) is 0 Å². The van der Waals surface area contributed by atoms with Crippen molar-refractivity contribution in [3.8, 4) is 5.75 Å². The molecule has 1 saturated heterocycles. The summed E-state index contributed by atoms with van der Waals surface area (Å²) >= 11 is 1.75. The Labute approximate surface area is 188 Å². The van der Waals surface area contributed by atoms with E-state index < -0.39 is 0 Å². The molecule has 0 aliphatic carbocycles. The van der Waals surface area contributed by atoms with E-state index in [2.05, 4.69) is 69.9 Å². The monoisotopic (exact) mass is 435 g/mol. The number of carbonyl (C=O) groups is 1. The first-order chi connectivity index (χ1) is 15.2. The summed E-state index contributed by atoms with van der Waals surface area (Å²) in [6.07, 6.45) is 0. The first-order valence-electron chi connectivity index (χ1n) is 10.7. The van der Waals surface area contributed by atoms with Gasteiger partial charge in [0.25, 0.3) is 5.91 Å². The van der Waals surface area contributed by atoms with Gasteiger partial charge >= 0.3 is 0 Å². The molecule has 0 radical (unpaired) electrons. The zero-order valence-electron chi connectivity index (χ0n) is 18.0. The van der Waals surface area contributed by atoms with Gasteiger partial charge in [0, 0.05) is 48.3 Å². The molecule has 6 heteroatoms. The summed E-state index contributed by atoms with van der Waals surface area (Å²) in [5.41, 5.74) is 1.89. The molecular formula is C25H29N3O2S. The van der Waals surface area contributed by atoms with Gasteiger partial charge in [-0.05, 0) is 48.7 Å². The normalized spacial score (nSPS) is 16.5. The van der Waals surface area contributed by atoms with Crippen LogP contribution in [0.4, 0.5) is 5.69 Å². The van der Waals surface area contributed by atoms with Crippen molar-refractivity contribution < 1.29 is 9.53 Å². The molecule has 1 fully saturated rings. The maximum atomic E-state index is 12.9. The van der Waals surface area contributed by atoms with E-state index in [0.717, 1.165) is 26.2 Å². The highest BCUT2D eigenvalue weighted by Gasteiger charge is 2.31. The minimum atomic E-state index is -0.0733. The van der Waals surface area contributed by atoms with Crippen molar-refractivity contribution in [1.82, 2.24) is 10.2 Å². The number of benzene rings is 2. The number of thiophene rings is 1. The molecule has 2 heterocycles. The number of ether oxygens (including phenoxy) is 1. The molecular weight excluding hydrogens is 406 g/mol. The summed E-state index contributed by atoms with van der Waals surface area (Å²) in [5.74, 6) is 0.614. The quantitative estimate of drug-likeness (QED) is 0.596. The Hall–Kier alpha value is -2.83. The predicted octanol–water partition coefficient (Wildman–Crippen LogP) is 4.44. The van der Waals surface area contributed by atoms with Crippen molar-refractivity contribution in [1.29, 1.82) is 0 Å². The Balaban J connectivity index is 1.46. The lowest BCUT2D eigenvalue weighted by Gasteiger charge is -2.42. The fourth-order valence-electron chi connectivity index (χ4n) is 4.23. The van der Waals surface area contributed by atoms with Crippen LogP contribution in [-0.4, -0.2) is 50.1 Å². The van der Waals surface area contributed by atoms with Crippen molar-refractivity contribution in [3.63, 3.8) is 0 Å². The van der Waals surface area contributed by atoms with E-state index in [9.17, 15) is 4.79 Å². The van der Waals surface area contributed by atoms with E-state index in [1.165, 1.54) is 10.6 Å². The molecule has 1 aliphatic heterocycles. The van der Waals surface area contributed by atoms with Crippen LogP contribution in [-0.2, 0) is 0 Å². The third kappa shape index (κ3) is 5.09. The highest BCUT2D eigenvalue weighted by Crippen LogP contribution is 2.30. The van der Waals surface area contributed by atoms with Gasteiger partial charge in [0.1, 0.15) is 5.75 Å². The SMILES string of the molecule is COc1cccc(C(=O)NC(C)C(c2cccs2)N2CCN(c3ccccc3)CC2)c1. The van der Waals surface area contributed by atoms with Crippen LogP contribution in [0.5, 0.6) is 5.75 Å². The molecule has 0 spiro atoms. The van der Waals surface area contributed by atoms with Gasteiger partial charge in [0.15, 0.2) is 0 Å². The maximum absolute atomic E-state index is 12.9. The first-order valence-corrected chi connectivity index (χ1v) is 11.6. The van der Waals surface area contributed by atoms with Crippen molar-refractivity contribution >= 4 is 22.9 Å². The predicted molar refractivity (Wildman–Crippen MR) is 127 cm³/mol. The second kappa shape index (κ2) is 9.98. The Morgan fingerprint density at radius 1 is 1.00 bits per heavy atom. The number of piperazine rings is 1. The van der Waals surface area contributed by atoms with Crippen LogP contribution >= 0.6 is 11.3 Å². The smallest absolute Gasteiger partial charge is 0.251 e. The van der Waals surface area contributed by atoms with Gasteiger partial charge in [-0.1, -0.05) is 30.3 Å². The number of nitrogens with one attached hydrogen (secondary N) is 1. The third-order valence-electron chi connectivity index (χ3n) is 5.83. The molecule has 2 unspecified atom stereocenters. The van der Waals surface area contributed by atoms with Gasteiger partial charge in [-0.2, -0.15) is 0 Å². The van der Waals surface area contributed by atoms with Gasteiger partial charge in [-0.3, -0.25) is 9.69 Å². The summed E-state index contributed by atoms with van der Waals surface area (Å²) in [5, 5.41) is 5.34. The fraction of sp³-hybridized carbons (Fsp3) is 0.320. The van der Waals surface area contributed by atoms with Crippen LogP contribution in [0.15, 0.2) is 72.1 Å². The van der Waals surface area contributed by atoms with E-state index in [4.69, 9.17) is 4.74 Å². The lowest BCUT2D eigenvalue weighted by Crippen LogP contribution is -2.52. The second-order valence-electron chi connectivity index (χ2n) is 7.81. The van der Waals surface area contributed by atoms with Crippen molar-refractivity contribution in [2.45, 2.75) is 19.0 Å². The van der Waals surface area contributed by atoms with Crippen LogP contribution in [0.3, 0.4) is 0 Å². The van der Waals surface area contributed by atoms with E-state index in [1.807, 2.05) is 18.2 Å². The molecule has 1 amide bonds. The Morgan fingerprint density at radius 2 is 1.77 bits per heavy atom. The summed E-state index contributed by atoms with van der Waals surface area (Å²) in [4.78, 5) is 19.1. The van der Waals surface area contributed by atoms with E-state index >= 15 is 0 Å². The second-order valence-corrected chi connectivity index (χ2v) is 8.79. The standard InChI is InChI=1S/C25H29N3O2S/c1-19(26-25(29)20-8-6-11-22(18-20)30-2)24(23-12-7-17-31-23)28-15-13-27(14-16-28)21-9-4-3-5-10-21/h3-12,17-19,24H,13-16H2,1-2H3,(H,26,29). The van der Waals surface area contributed by atoms with Gasteiger partial charge in [-0.25, -0.2) is 0 Å². The van der Waals surface area contributed by atoms with E-state index in [1.54, 1.807) is 24.5 Å². The molecule has 0 saturated carbocycles. The average molecular weight is 436 g/mol. The number of hydrogen-bond donors (Lipinski definition) is 1. The van der Waals surface area contributed by atoms with Crippen LogP contribution in [0.2, 0.25) is 0 Å². The molecule has 5 nitrogen and oxygen atoms in total. The van der Waals surface area contributed by atoms with Crippen LogP contribution in [0.1, 0.15) is 28.2 Å². The van der Waals surface area contributed by atoms with Crippen LogP contribution < -0.4 is 15.0 Å². The number of nitrogens with zero attached hydrogens (tertiary/aromatic N) is 2. The molecule has 4 rings (SSSR count). The minimum absolute atomic E-state index is 0.0272. The number of methoxy groups -OCH3 is 1. The summed E-state index contributed by atoms with van der Waals surface area (Å²) < 4.78 is 5.27. The number of amides is 1. The highest BCUT2D eigenvalue weighted by molar-refractivity contribution is 7.10. The van der Waals surface area contributed by atoms with Gasteiger partial charge in [0.05, 0.1) is 13.2 Å². The molecule has 2 atom stereocenters. The average Bonchev–Trinajstić information content (AvgIpc) is 3.34. The minimum Gasteiger partial charge on any atom is -0.497 e. The Kier molecular flexibility index (Phi) is 6.89. The molecule has 1 N–H and O–H groups in total. The molecule has 162 valence electrons.